The number of fused-ring (bicyclic) bond motifs is 2. The lowest BCUT2D eigenvalue weighted by atomic mass is 9.75. The van der Waals surface area contributed by atoms with E-state index >= 15 is 0 Å². The van der Waals surface area contributed by atoms with Crippen LogP contribution < -0.4 is 14.8 Å². The molecule has 3 aromatic rings. The van der Waals surface area contributed by atoms with Crippen molar-refractivity contribution in [3.63, 3.8) is 0 Å². The van der Waals surface area contributed by atoms with Gasteiger partial charge < -0.3 is 10.1 Å². The number of carbonyl (C=O) groups excluding carboxylic acids is 1. The molecule has 2 heterocycles. The third-order valence-corrected chi connectivity index (χ3v) is 6.13. The second kappa shape index (κ2) is 7.86. The number of rotatable bonds is 5. The highest BCUT2D eigenvalue weighted by molar-refractivity contribution is 7.88. The van der Waals surface area contributed by atoms with Gasteiger partial charge in [0.2, 0.25) is 15.9 Å². The van der Waals surface area contributed by atoms with Crippen LogP contribution in [0.4, 0.5) is 5.69 Å². The zero-order valence-electron chi connectivity index (χ0n) is 16.2. The number of benzene rings is 2. The predicted octanol–water partition coefficient (Wildman–Crippen LogP) is 3.10. The van der Waals surface area contributed by atoms with E-state index in [-0.39, 0.29) is 25.5 Å². The number of pyridine rings is 1. The summed E-state index contributed by atoms with van der Waals surface area (Å²) in [4.78, 5) is 17.9. The molecular formula is C21H20ClN3O4S. The van der Waals surface area contributed by atoms with Gasteiger partial charge in [0, 0.05) is 40.5 Å². The van der Waals surface area contributed by atoms with Crippen molar-refractivity contribution in [3.05, 3.63) is 65.4 Å². The van der Waals surface area contributed by atoms with Crippen molar-refractivity contribution in [2.75, 3.05) is 24.7 Å². The Bertz CT molecular complexity index is 1230. The van der Waals surface area contributed by atoms with E-state index in [0.717, 1.165) is 17.0 Å². The lowest BCUT2D eigenvalue weighted by Gasteiger charge is -2.37. The van der Waals surface area contributed by atoms with Gasteiger partial charge in [-0.05, 0) is 18.2 Å². The number of hydrogen-bond donors (Lipinski definition) is 2. The van der Waals surface area contributed by atoms with Crippen molar-refractivity contribution in [3.8, 4) is 5.75 Å². The summed E-state index contributed by atoms with van der Waals surface area (Å²) in [5, 5.41) is 5.11. The molecule has 0 fully saturated rings. The number of carbonyl (C=O) groups is 1. The molecule has 156 valence electrons. The maximum atomic E-state index is 13.7. The Kier molecular flexibility index (Phi) is 5.40. The first kappa shape index (κ1) is 20.6. The molecular weight excluding hydrogens is 426 g/mol. The molecule has 1 aliphatic heterocycles. The van der Waals surface area contributed by atoms with Gasteiger partial charge in [-0.2, -0.15) is 0 Å². The number of sulfonamides is 1. The van der Waals surface area contributed by atoms with Gasteiger partial charge in [-0.25, -0.2) is 13.1 Å². The predicted molar refractivity (Wildman–Crippen MR) is 116 cm³/mol. The Morgan fingerprint density at radius 3 is 2.83 bits per heavy atom. The summed E-state index contributed by atoms with van der Waals surface area (Å²) in [5.41, 5.74) is -0.103. The maximum Gasteiger partial charge on any atom is 0.236 e. The average molecular weight is 446 g/mol. The van der Waals surface area contributed by atoms with E-state index in [2.05, 4.69) is 15.0 Å². The molecule has 0 saturated carbocycles. The van der Waals surface area contributed by atoms with E-state index in [1.54, 1.807) is 30.6 Å². The molecule has 2 aromatic carbocycles. The molecule has 1 aromatic heterocycles. The average Bonchev–Trinajstić information content (AvgIpc) is 2.72. The van der Waals surface area contributed by atoms with Gasteiger partial charge in [0.25, 0.3) is 0 Å². The summed E-state index contributed by atoms with van der Waals surface area (Å²) in [6, 6.07) is 12.6. The third-order valence-electron chi connectivity index (χ3n) is 5.23. The maximum absolute atomic E-state index is 13.7. The van der Waals surface area contributed by atoms with Gasteiger partial charge >= 0.3 is 0 Å². The summed E-state index contributed by atoms with van der Waals surface area (Å²) in [6.45, 7) is 0.147. The zero-order chi connectivity index (χ0) is 21.4. The first-order valence-corrected chi connectivity index (χ1v) is 11.6. The molecule has 0 bridgehead atoms. The number of halogens is 1. The highest BCUT2D eigenvalue weighted by Crippen LogP contribution is 2.41. The third kappa shape index (κ3) is 3.98. The second-order valence-electron chi connectivity index (χ2n) is 7.28. The molecule has 9 heteroatoms. The van der Waals surface area contributed by atoms with Crippen molar-refractivity contribution >= 4 is 44.0 Å². The molecule has 30 heavy (non-hydrogen) atoms. The molecule has 1 atom stereocenters. The van der Waals surface area contributed by atoms with E-state index < -0.39 is 15.4 Å². The van der Waals surface area contributed by atoms with Crippen LogP contribution in [-0.2, 0) is 20.2 Å². The van der Waals surface area contributed by atoms with E-state index in [9.17, 15) is 13.2 Å². The molecule has 0 spiro atoms. The summed E-state index contributed by atoms with van der Waals surface area (Å²) in [6.07, 6.45) is 4.64. The molecule has 0 radical (unpaired) electrons. The number of hydrogen-bond acceptors (Lipinski definition) is 5. The van der Waals surface area contributed by atoms with E-state index in [1.165, 1.54) is 0 Å². The first-order chi connectivity index (χ1) is 14.3. The van der Waals surface area contributed by atoms with E-state index in [0.29, 0.717) is 22.0 Å². The van der Waals surface area contributed by atoms with Crippen LogP contribution in [0.15, 0.2) is 54.9 Å². The fourth-order valence-electron chi connectivity index (χ4n) is 3.68. The van der Waals surface area contributed by atoms with Crippen molar-refractivity contribution in [2.45, 2.75) is 11.8 Å². The standard InChI is InChI=1S/C21H20ClN3O4S/c1-30(27,28)24-13-21(8-9-29-19-7-6-15(22)10-17(19)21)20(26)25-18-12-23-11-14-4-2-3-5-16(14)18/h2-7,10-12,24H,8-9,13H2,1H3,(H,25,26). The van der Waals surface area contributed by atoms with Gasteiger partial charge in [0.05, 0.1) is 30.2 Å². The summed E-state index contributed by atoms with van der Waals surface area (Å²) in [7, 11) is -3.53. The smallest absolute Gasteiger partial charge is 0.236 e. The monoisotopic (exact) mass is 445 g/mol. The van der Waals surface area contributed by atoms with Crippen molar-refractivity contribution in [1.29, 1.82) is 0 Å². The number of amides is 1. The molecule has 1 amide bonds. The fraction of sp³-hybridized carbons (Fsp3) is 0.238. The van der Waals surface area contributed by atoms with Crippen LogP contribution >= 0.6 is 11.6 Å². The Morgan fingerprint density at radius 1 is 1.23 bits per heavy atom. The highest BCUT2D eigenvalue weighted by Gasteiger charge is 2.45. The summed E-state index contributed by atoms with van der Waals surface area (Å²) >= 11 is 6.20. The Balaban J connectivity index is 1.79. The number of nitrogens with one attached hydrogen (secondary N) is 2. The number of ether oxygens (including phenoxy) is 1. The Morgan fingerprint density at radius 2 is 2.03 bits per heavy atom. The SMILES string of the molecule is CS(=O)(=O)NCC1(C(=O)Nc2cncc3ccccc23)CCOc2ccc(Cl)cc21. The van der Waals surface area contributed by atoms with Crippen LogP contribution in [0.5, 0.6) is 5.75 Å². The van der Waals surface area contributed by atoms with Crippen LogP contribution in [0, 0.1) is 0 Å². The van der Waals surface area contributed by atoms with E-state index in [4.69, 9.17) is 16.3 Å². The molecule has 0 saturated heterocycles. The van der Waals surface area contributed by atoms with Gasteiger partial charge in [0.15, 0.2) is 0 Å². The normalized spacial score (nSPS) is 18.5. The van der Waals surface area contributed by atoms with Crippen molar-refractivity contribution in [2.24, 2.45) is 0 Å². The minimum Gasteiger partial charge on any atom is -0.493 e. The Hall–Kier alpha value is -2.68. The topological polar surface area (TPSA) is 97.4 Å². The molecule has 1 unspecified atom stereocenters. The minimum absolute atomic E-state index is 0.118. The minimum atomic E-state index is -3.53. The lowest BCUT2D eigenvalue weighted by molar-refractivity contribution is -0.122. The largest absolute Gasteiger partial charge is 0.493 e. The molecule has 7 nitrogen and oxygen atoms in total. The molecule has 0 aliphatic carbocycles. The highest BCUT2D eigenvalue weighted by atomic mass is 35.5. The molecule has 2 N–H and O–H groups in total. The lowest BCUT2D eigenvalue weighted by Crippen LogP contribution is -2.51. The summed E-state index contributed by atoms with van der Waals surface area (Å²) in [5.74, 6) is 0.149. The van der Waals surface area contributed by atoms with Crippen LogP contribution in [0.3, 0.4) is 0 Å². The fourth-order valence-corrected chi connectivity index (χ4v) is 4.36. The number of anilines is 1. The number of nitrogens with zero attached hydrogens (tertiary/aromatic N) is 1. The van der Waals surface area contributed by atoms with Gasteiger partial charge in [-0.1, -0.05) is 35.9 Å². The van der Waals surface area contributed by atoms with Gasteiger partial charge in [-0.15, -0.1) is 0 Å². The van der Waals surface area contributed by atoms with Crippen molar-refractivity contribution in [1.82, 2.24) is 9.71 Å². The van der Waals surface area contributed by atoms with E-state index in [1.807, 2.05) is 24.3 Å². The second-order valence-corrected chi connectivity index (χ2v) is 9.55. The van der Waals surface area contributed by atoms with Crippen LogP contribution in [0.25, 0.3) is 10.8 Å². The quantitative estimate of drug-likeness (QED) is 0.629. The Labute approximate surface area is 179 Å². The van der Waals surface area contributed by atoms with Crippen molar-refractivity contribution < 1.29 is 17.9 Å². The zero-order valence-corrected chi connectivity index (χ0v) is 17.8. The summed E-state index contributed by atoms with van der Waals surface area (Å²) < 4.78 is 31.9. The number of aromatic nitrogens is 1. The van der Waals surface area contributed by atoms with Crippen LogP contribution in [0.2, 0.25) is 5.02 Å². The first-order valence-electron chi connectivity index (χ1n) is 9.30. The van der Waals surface area contributed by atoms with Crippen LogP contribution in [0.1, 0.15) is 12.0 Å². The van der Waals surface area contributed by atoms with Crippen LogP contribution in [-0.4, -0.2) is 38.7 Å². The molecule has 4 rings (SSSR count). The van der Waals surface area contributed by atoms with Gasteiger partial charge in [-0.3, -0.25) is 9.78 Å². The van der Waals surface area contributed by atoms with Gasteiger partial charge in [0.1, 0.15) is 5.75 Å². The molecule has 1 aliphatic rings.